The van der Waals surface area contributed by atoms with E-state index in [9.17, 15) is 18.4 Å². The minimum atomic E-state index is -0.597. The Morgan fingerprint density at radius 3 is 2.66 bits per heavy atom. The number of para-hydroxylation sites is 1. The van der Waals surface area contributed by atoms with Crippen molar-refractivity contribution in [3.8, 4) is 0 Å². The summed E-state index contributed by atoms with van der Waals surface area (Å²) in [6.07, 6.45) is 1.52. The number of pyridine rings is 1. The molecule has 4 rings (SSSR count). The van der Waals surface area contributed by atoms with Gasteiger partial charge < -0.3 is 5.32 Å². The maximum Gasteiger partial charge on any atom is 0.260 e. The van der Waals surface area contributed by atoms with E-state index in [-0.39, 0.29) is 24.4 Å². The van der Waals surface area contributed by atoms with Crippen LogP contribution in [0.4, 0.5) is 14.5 Å². The second-order valence-corrected chi connectivity index (χ2v) is 6.68. The highest BCUT2D eigenvalue weighted by atomic mass is 19.1. The van der Waals surface area contributed by atoms with E-state index in [0.717, 1.165) is 18.2 Å². The fourth-order valence-electron chi connectivity index (χ4n) is 3.45. The van der Waals surface area contributed by atoms with E-state index < -0.39 is 23.6 Å². The van der Waals surface area contributed by atoms with Gasteiger partial charge in [0, 0.05) is 24.0 Å². The first-order chi connectivity index (χ1) is 14.0. The van der Waals surface area contributed by atoms with E-state index in [1.54, 1.807) is 35.4 Å². The van der Waals surface area contributed by atoms with Crippen LogP contribution >= 0.6 is 0 Å². The van der Waals surface area contributed by atoms with Crippen LogP contribution in [0.2, 0.25) is 0 Å². The summed E-state index contributed by atoms with van der Waals surface area (Å²) in [6.45, 7) is -0.149. The van der Waals surface area contributed by atoms with E-state index >= 15 is 0 Å². The summed E-state index contributed by atoms with van der Waals surface area (Å²) >= 11 is 0. The molecule has 2 heterocycles. The Labute approximate surface area is 166 Å². The lowest BCUT2D eigenvalue weighted by molar-refractivity contribution is -0.121. The first kappa shape index (κ1) is 18.7. The number of aromatic nitrogens is 1. The van der Waals surface area contributed by atoms with Crippen molar-refractivity contribution in [2.45, 2.75) is 19.0 Å². The lowest BCUT2D eigenvalue weighted by atomic mass is 10.1. The standard InChI is InChI=1S/C22H17F2N3O2/c23-15-8-9-18(24)14(11-15)13-26-20(28)12-19-21-17(7-4-10-25-21)22(29)27(19)16-5-2-1-3-6-16/h1-11,19H,12-13H2,(H,26,28). The van der Waals surface area contributed by atoms with Gasteiger partial charge in [-0.05, 0) is 42.5 Å². The zero-order chi connectivity index (χ0) is 20.4. The van der Waals surface area contributed by atoms with E-state index in [0.29, 0.717) is 16.9 Å². The number of amides is 2. The van der Waals surface area contributed by atoms with E-state index in [1.807, 2.05) is 18.2 Å². The summed E-state index contributed by atoms with van der Waals surface area (Å²) in [5.41, 5.74) is 1.68. The summed E-state index contributed by atoms with van der Waals surface area (Å²) in [7, 11) is 0. The first-order valence-corrected chi connectivity index (χ1v) is 9.09. The molecule has 0 fully saturated rings. The molecule has 1 aromatic heterocycles. The zero-order valence-electron chi connectivity index (χ0n) is 15.3. The molecule has 1 aliphatic rings. The summed E-state index contributed by atoms with van der Waals surface area (Å²) in [6, 6.07) is 14.9. The normalized spacial score (nSPS) is 15.3. The van der Waals surface area contributed by atoms with Crippen molar-refractivity contribution in [1.82, 2.24) is 10.3 Å². The van der Waals surface area contributed by atoms with Gasteiger partial charge in [-0.2, -0.15) is 0 Å². The molecule has 7 heteroatoms. The fourth-order valence-corrected chi connectivity index (χ4v) is 3.45. The largest absolute Gasteiger partial charge is 0.352 e. The Hall–Kier alpha value is -3.61. The maximum atomic E-state index is 13.8. The highest BCUT2D eigenvalue weighted by Crippen LogP contribution is 2.38. The van der Waals surface area contributed by atoms with E-state index in [2.05, 4.69) is 10.3 Å². The van der Waals surface area contributed by atoms with Crippen LogP contribution in [-0.2, 0) is 11.3 Å². The van der Waals surface area contributed by atoms with Crippen LogP contribution in [0.15, 0.2) is 66.9 Å². The molecule has 0 saturated heterocycles. The van der Waals surface area contributed by atoms with Gasteiger partial charge in [0.1, 0.15) is 11.6 Å². The molecule has 146 valence electrons. The minimum Gasteiger partial charge on any atom is -0.352 e. The summed E-state index contributed by atoms with van der Waals surface area (Å²) in [5.74, 6) is -1.80. The Bertz CT molecular complexity index is 1070. The van der Waals surface area contributed by atoms with Gasteiger partial charge in [0.2, 0.25) is 5.91 Å². The average molecular weight is 393 g/mol. The average Bonchev–Trinajstić information content (AvgIpc) is 3.01. The van der Waals surface area contributed by atoms with Gasteiger partial charge in [-0.3, -0.25) is 19.5 Å². The molecule has 1 aliphatic heterocycles. The first-order valence-electron chi connectivity index (χ1n) is 9.09. The van der Waals surface area contributed by atoms with Crippen LogP contribution in [0.1, 0.15) is 34.1 Å². The summed E-state index contributed by atoms with van der Waals surface area (Å²) in [4.78, 5) is 31.3. The second kappa shape index (κ2) is 7.79. The number of rotatable bonds is 5. The fraction of sp³-hybridized carbons (Fsp3) is 0.136. The number of carbonyl (C=O) groups excluding carboxylic acids is 2. The van der Waals surface area contributed by atoms with Crippen LogP contribution in [0, 0.1) is 11.6 Å². The van der Waals surface area contributed by atoms with Crippen molar-refractivity contribution in [3.63, 3.8) is 0 Å². The van der Waals surface area contributed by atoms with Crippen LogP contribution in [0.5, 0.6) is 0 Å². The van der Waals surface area contributed by atoms with Crippen LogP contribution in [0.3, 0.4) is 0 Å². The monoisotopic (exact) mass is 393 g/mol. The number of nitrogens with one attached hydrogen (secondary N) is 1. The van der Waals surface area contributed by atoms with Crippen LogP contribution in [0.25, 0.3) is 0 Å². The van der Waals surface area contributed by atoms with Crippen molar-refractivity contribution < 1.29 is 18.4 Å². The molecule has 29 heavy (non-hydrogen) atoms. The van der Waals surface area contributed by atoms with Crippen LogP contribution < -0.4 is 10.2 Å². The number of carbonyl (C=O) groups is 2. The van der Waals surface area contributed by atoms with Gasteiger partial charge in [-0.25, -0.2) is 8.78 Å². The molecular formula is C22H17F2N3O2. The van der Waals surface area contributed by atoms with Crippen molar-refractivity contribution in [3.05, 3.63) is 95.3 Å². The lowest BCUT2D eigenvalue weighted by Gasteiger charge is -2.24. The predicted molar refractivity (Wildman–Crippen MR) is 103 cm³/mol. The number of hydrogen-bond acceptors (Lipinski definition) is 3. The van der Waals surface area contributed by atoms with Gasteiger partial charge >= 0.3 is 0 Å². The number of anilines is 1. The van der Waals surface area contributed by atoms with Crippen molar-refractivity contribution >= 4 is 17.5 Å². The third-order valence-electron chi connectivity index (χ3n) is 4.81. The Morgan fingerprint density at radius 1 is 1.07 bits per heavy atom. The Morgan fingerprint density at radius 2 is 1.86 bits per heavy atom. The molecular weight excluding hydrogens is 376 g/mol. The minimum absolute atomic E-state index is 0.0540. The topological polar surface area (TPSA) is 62.3 Å². The van der Waals surface area contributed by atoms with Crippen LogP contribution in [-0.4, -0.2) is 16.8 Å². The lowest BCUT2D eigenvalue weighted by Crippen LogP contribution is -2.33. The van der Waals surface area contributed by atoms with Gasteiger partial charge in [0.05, 0.1) is 23.7 Å². The number of fused-ring (bicyclic) bond motifs is 1. The molecule has 2 amide bonds. The molecule has 2 aromatic carbocycles. The molecule has 1 N–H and O–H groups in total. The second-order valence-electron chi connectivity index (χ2n) is 6.68. The summed E-state index contributed by atoms with van der Waals surface area (Å²) in [5, 5.41) is 2.60. The van der Waals surface area contributed by atoms with E-state index in [4.69, 9.17) is 0 Å². The Balaban J connectivity index is 1.55. The smallest absolute Gasteiger partial charge is 0.260 e. The number of nitrogens with zero attached hydrogens (tertiary/aromatic N) is 2. The predicted octanol–water partition coefficient (Wildman–Crippen LogP) is 3.77. The molecule has 0 radical (unpaired) electrons. The third kappa shape index (κ3) is 3.71. The van der Waals surface area contributed by atoms with Crippen molar-refractivity contribution in [1.29, 1.82) is 0 Å². The maximum absolute atomic E-state index is 13.8. The molecule has 1 unspecified atom stereocenters. The molecule has 0 saturated carbocycles. The zero-order valence-corrected chi connectivity index (χ0v) is 15.3. The number of hydrogen-bond donors (Lipinski definition) is 1. The highest BCUT2D eigenvalue weighted by molar-refractivity contribution is 6.11. The van der Waals surface area contributed by atoms with E-state index in [1.165, 1.54) is 0 Å². The molecule has 0 aliphatic carbocycles. The van der Waals surface area contributed by atoms with Gasteiger partial charge in [0.25, 0.3) is 5.91 Å². The molecule has 0 bridgehead atoms. The SMILES string of the molecule is O=C(CC1c2ncccc2C(=O)N1c1ccccc1)NCc1cc(F)ccc1F. The molecule has 1 atom stereocenters. The van der Waals surface area contributed by atoms with Crippen molar-refractivity contribution in [2.24, 2.45) is 0 Å². The van der Waals surface area contributed by atoms with Gasteiger partial charge in [-0.1, -0.05) is 18.2 Å². The Kier molecular flexibility index (Phi) is 5.03. The highest BCUT2D eigenvalue weighted by Gasteiger charge is 2.39. The number of halogens is 2. The number of benzene rings is 2. The quantitative estimate of drug-likeness (QED) is 0.718. The van der Waals surface area contributed by atoms with Gasteiger partial charge in [0.15, 0.2) is 0 Å². The summed E-state index contributed by atoms with van der Waals surface area (Å²) < 4.78 is 27.1. The molecule has 0 spiro atoms. The molecule has 3 aromatic rings. The van der Waals surface area contributed by atoms with Crippen molar-refractivity contribution in [2.75, 3.05) is 4.90 Å². The molecule has 5 nitrogen and oxygen atoms in total. The third-order valence-corrected chi connectivity index (χ3v) is 4.81. The van der Waals surface area contributed by atoms with Gasteiger partial charge in [-0.15, -0.1) is 0 Å².